The van der Waals surface area contributed by atoms with Gasteiger partial charge in [-0.3, -0.25) is 0 Å². The molecule has 3 N–H and O–H groups in total. The van der Waals surface area contributed by atoms with Gasteiger partial charge in [-0.05, 0) is 38.4 Å². The number of benzene rings is 1. The molecule has 1 saturated heterocycles. The summed E-state index contributed by atoms with van der Waals surface area (Å²) in [6.45, 7) is 4.27. The third kappa shape index (κ3) is 3.95. The smallest absolute Gasteiger partial charge is 0.319 e. The quantitative estimate of drug-likeness (QED) is 0.786. The number of rotatable bonds is 4. The number of carbonyl (C=O) groups is 1. The van der Waals surface area contributed by atoms with Crippen molar-refractivity contribution < 1.29 is 9.90 Å². The number of piperazine rings is 1. The van der Waals surface area contributed by atoms with Crippen LogP contribution in [0.1, 0.15) is 19.3 Å². The highest BCUT2D eigenvalue weighted by Gasteiger charge is 2.34. The third-order valence-electron chi connectivity index (χ3n) is 4.86. The topological polar surface area (TPSA) is 67.8 Å². The van der Waals surface area contributed by atoms with Crippen molar-refractivity contribution in [2.75, 3.05) is 50.0 Å². The highest BCUT2D eigenvalue weighted by molar-refractivity contribution is 5.93. The van der Waals surface area contributed by atoms with E-state index in [1.165, 1.54) is 0 Å². The number of hydrogen-bond donors (Lipinski definition) is 3. The number of hydrogen-bond acceptors (Lipinski definition) is 4. The van der Waals surface area contributed by atoms with Gasteiger partial charge in [0.25, 0.3) is 0 Å². The van der Waals surface area contributed by atoms with Gasteiger partial charge < -0.3 is 25.5 Å². The maximum Gasteiger partial charge on any atom is 0.319 e. The van der Waals surface area contributed by atoms with Crippen molar-refractivity contribution in [1.82, 2.24) is 10.2 Å². The molecule has 1 aliphatic heterocycles. The molecule has 0 aromatic heterocycles. The molecule has 126 valence electrons. The summed E-state index contributed by atoms with van der Waals surface area (Å²) < 4.78 is 0. The van der Waals surface area contributed by atoms with Gasteiger partial charge in [0.15, 0.2) is 0 Å². The van der Waals surface area contributed by atoms with E-state index in [9.17, 15) is 9.90 Å². The molecular weight excluding hydrogens is 292 g/mol. The first kappa shape index (κ1) is 16.1. The SMILES string of the molecule is CN1CCN(c2ccccc2NC(=O)NCC2(O)CCC2)CC1. The van der Waals surface area contributed by atoms with Crippen LogP contribution in [-0.2, 0) is 0 Å². The maximum atomic E-state index is 12.1. The first-order chi connectivity index (χ1) is 11.1. The van der Waals surface area contributed by atoms with Gasteiger partial charge in [0.05, 0.1) is 17.0 Å². The summed E-state index contributed by atoms with van der Waals surface area (Å²) in [7, 11) is 2.13. The molecule has 1 saturated carbocycles. The van der Waals surface area contributed by atoms with Crippen LogP contribution in [0, 0.1) is 0 Å². The van der Waals surface area contributed by atoms with Crippen LogP contribution in [0.5, 0.6) is 0 Å². The Labute approximate surface area is 137 Å². The standard InChI is InChI=1S/C17H26N4O2/c1-20-9-11-21(12-10-20)15-6-3-2-5-14(15)19-16(22)18-13-17(23)7-4-8-17/h2-3,5-6,23H,4,7-13H2,1H3,(H2,18,19,22). The van der Waals surface area contributed by atoms with Crippen LogP contribution in [0.25, 0.3) is 0 Å². The van der Waals surface area contributed by atoms with Gasteiger partial charge >= 0.3 is 6.03 Å². The molecule has 0 bridgehead atoms. The van der Waals surface area contributed by atoms with Gasteiger partial charge in [-0.25, -0.2) is 4.79 Å². The average molecular weight is 318 g/mol. The van der Waals surface area contributed by atoms with Crippen molar-refractivity contribution in [3.05, 3.63) is 24.3 Å². The summed E-state index contributed by atoms with van der Waals surface area (Å²) in [5.74, 6) is 0. The molecule has 0 spiro atoms. The fourth-order valence-corrected chi connectivity index (χ4v) is 3.08. The summed E-state index contributed by atoms with van der Waals surface area (Å²) in [5.41, 5.74) is 1.17. The zero-order chi connectivity index (χ0) is 16.3. The van der Waals surface area contributed by atoms with Crippen LogP contribution in [0.15, 0.2) is 24.3 Å². The minimum atomic E-state index is -0.700. The molecule has 6 heteroatoms. The lowest BCUT2D eigenvalue weighted by Crippen LogP contribution is -2.49. The predicted octanol–water partition coefficient (Wildman–Crippen LogP) is 1.47. The predicted molar refractivity (Wildman–Crippen MR) is 92.0 cm³/mol. The van der Waals surface area contributed by atoms with E-state index in [2.05, 4.69) is 27.5 Å². The molecule has 23 heavy (non-hydrogen) atoms. The Bertz CT molecular complexity index is 551. The second-order valence-corrected chi connectivity index (χ2v) is 6.69. The van der Waals surface area contributed by atoms with Crippen LogP contribution >= 0.6 is 0 Å². The monoisotopic (exact) mass is 318 g/mol. The van der Waals surface area contributed by atoms with Crippen LogP contribution in [0.3, 0.4) is 0 Å². The lowest BCUT2D eigenvalue weighted by Gasteiger charge is -2.36. The highest BCUT2D eigenvalue weighted by atomic mass is 16.3. The van der Waals surface area contributed by atoms with E-state index in [1.807, 2.05) is 24.3 Å². The van der Waals surface area contributed by atoms with Crippen LogP contribution in [0.2, 0.25) is 0 Å². The van der Waals surface area contributed by atoms with Gasteiger partial charge in [0.2, 0.25) is 0 Å². The van der Waals surface area contributed by atoms with E-state index >= 15 is 0 Å². The van der Waals surface area contributed by atoms with Crippen LogP contribution < -0.4 is 15.5 Å². The number of carbonyl (C=O) groups excluding carboxylic acids is 1. The third-order valence-corrected chi connectivity index (χ3v) is 4.86. The zero-order valence-electron chi connectivity index (χ0n) is 13.7. The van der Waals surface area contributed by atoms with E-state index < -0.39 is 5.60 Å². The van der Waals surface area contributed by atoms with E-state index in [4.69, 9.17) is 0 Å². The molecule has 1 heterocycles. The number of nitrogens with zero attached hydrogens (tertiary/aromatic N) is 2. The molecule has 2 fully saturated rings. The lowest BCUT2D eigenvalue weighted by molar-refractivity contribution is -0.0287. The molecule has 1 aliphatic carbocycles. The summed E-state index contributed by atoms with van der Waals surface area (Å²) >= 11 is 0. The molecule has 1 aromatic carbocycles. The van der Waals surface area contributed by atoms with Crippen molar-refractivity contribution in [1.29, 1.82) is 0 Å². The van der Waals surface area contributed by atoms with Crippen molar-refractivity contribution in [3.8, 4) is 0 Å². The molecule has 0 atom stereocenters. The maximum absolute atomic E-state index is 12.1. The number of amides is 2. The normalized spacial score (nSPS) is 20.7. The number of nitrogens with one attached hydrogen (secondary N) is 2. The Morgan fingerprint density at radius 2 is 1.91 bits per heavy atom. The van der Waals surface area contributed by atoms with E-state index in [0.717, 1.165) is 56.8 Å². The van der Waals surface area contributed by atoms with Gasteiger partial charge in [0.1, 0.15) is 0 Å². The fraction of sp³-hybridized carbons (Fsp3) is 0.588. The molecular formula is C17H26N4O2. The average Bonchev–Trinajstić information content (AvgIpc) is 2.53. The van der Waals surface area contributed by atoms with E-state index in [1.54, 1.807) is 0 Å². The van der Waals surface area contributed by atoms with Crippen molar-refractivity contribution in [3.63, 3.8) is 0 Å². The van der Waals surface area contributed by atoms with Gasteiger partial charge in [-0.15, -0.1) is 0 Å². The van der Waals surface area contributed by atoms with Crippen molar-refractivity contribution >= 4 is 17.4 Å². The van der Waals surface area contributed by atoms with Gasteiger partial charge in [0, 0.05) is 32.7 Å². The Morgan fingerprint density at radius 3 is 2.57 bits per heavy atom. The van der Waals surface area contributed by atoms with Crippen molar-refractivity contribution in [2.24, 2.45) is 0 Å². The second-order valence-electron chi connectivity index (χ2n) is 6.69. The van der Waals surface area contributed by atoms with Gasteiger partial charge in [-0.2, -0.15) is 0 Å². The Hall–Kier alpha value is -1.79. The lowest BCUT2D eigenvalue weighted by atomic mass is 9.80. The summed E-state index contributed by atoms with van der Waals surface area (Å²) in [5, 5.41) is 15.8. The molecule has 2 aliphatic rings. The molecule has 0 unspecified atom stereocenters. The van der Waals surface area contributed by atoms with Crippen molar-refractivity contribution in [2.45, 2.75) is 24.9 Å². The number of para-hydroxylation sites is 2. The summed E-state index contributed by atoms with van der Waals surface area (Å²) in [6.07, 6.45) is 2.57. The number of urea groups is 1. The summed E-state index contributed by atoms with van der Waals surface area (Å²) in [6, 6.07) is 7.63. The number of anilines is 2. The van der Waals surface area contributed by atoms with E-state index in [-0.39, 0.29) is 6.03 Å². The first-order valence-corrected chi connectivity index (χ1v) is 8.36. The Kier molecular flexibility index (Phi) is 4.73. The first-order valence-electron chi connectivity index (χ1n) is 8.36. The summed E-state index contributed by atoms with van der Waals surface area (Å²) in [4.78, 5) is 16.7. The molecule has 2 amide bonds. The second kappa shape index (κ2) is 6.76. The largest absolute Gasteiger partial charge is 0.388 e. The Balaban J connectivity index is 1.60. The molecule has 1 aromatic rings. The molecule has 6 nitrogen and oxygen atoms in total. The minimum absolute atomic E-state index is 0.257. The van der Waals surface area contributed by atoms with E-state index in [0.29, 0.717) is 6.54 Å². The van der Waals surface area contributed by atoms with Gasteiger partial charge in [-0.1, -0.05) is 12.1 Å². The van der Waals surface area contributed by atoms with Crippen LogP contribution in [-0.4, -0.2) is 61.4 Å². The number of likely N-dealkylation sites (N-methyl/N-ethyl adjacent to an activating group) is 1. The molecule has 3 rings (SSSR count). The minimum Gasteiger partial charge on any atom is -0.388 e. The zero-order valence-corrected chi connectivity index (χ0v) is 13.7. The molecule has 0 radical (unpaired) electrons. The van der Waals surface area contributed by atoms with Crippen LogP contribution in [0.4, 0.5) is 16.2 Å². The Morgan fingerprint density at radius 1 is 1.22 bits per heavy atom. The fourth-order valence-electron chi connectivity index (χ4n) is 3.08. The highest BCUT2D eigenvalue weighted by Crippen LogP contribution is 2.31. The number of aliphatic hydroxyl groups is 1.